The molecule has 0 radical (unpaired) electrons. The summed E-state index contributed by atoms with van der Waals surface area (Å²) in [6.07, 6.45) is 0. The van der Waals surface area contributed by atoms with Crippen molar-refractivity contribution in [2.75, 3.05) is 5.73 Å². The molecule has 0 fully saturated rings. The van der Waals surface area contributed by atoms with Crippen LogP contribution in [0.2, 0.25) is 0 Å². The van der Waals surface area contributed by atoms with E-state index in [0.29, 0.717) is 0 Å². The SMILES string of the molecule is Nc1ccc(/N=N/c2ccccc2S(=O)(=O)O)c(S(=O)(=O)O)c1. The van der Waals surface area contributed by atoms with E-state index in [1.807, 2.05) is 0 Å². The molecular weight excluding hydrogens is 346 g/mol. The molecule has 23 heavy (non-hydrogen) atoms. The quantitative estimate of drug-likeness (QED) is 0.429. The van der Waals surface area contributed by atoms with Crippen LogP contribution in [-0.2, 0) is 20.2 Å². The van der Waals surface area contributed by atoms with Gasteiger partial charge in [-0.1, -0.05) is 12.1 Å². The summed E-state index contributed by atoms with van der Waals surface area (Å²) in [4.78, 5) is -1.07. The standard InChI is InChI=1S/C12H11N3O6S2/c13-8-5-6-10(12(7-8)23(19,20)21)15-14-9-3-1-2-4-11(9)22(16,17)18/h1-7H,13H2,(H,16,17,18)(H,19,20,21)/b15-14+. The molecule has 11 heteroatoms. The van der Waals surface area contributed by atoms with Crippen LogP contribution in [0.1, 0.15) is 0 Å². The van der Waals surface area contributed by atoms with Gasteiger partial charge in [-0.25, -0.2) is 0 Å². The minimum Gasteiger partial charge on any atom is -0.399 e. The van der Waals surface area contributed by atoms with E-state index in [4.69, 9.17) is 14.8 Å². The van der Waals surface area contributed by atoms with Crippen LogP contribution in [0.25, 0.3) is 0 Å². The Morgan fingerprint density at radius 2 is 1.30 bits per heavy atom. The molecule has 0 aliphatic rings. The van der Waals surface area contributed by atoms with Crippen molar-refractivity contribution in [2.45, 2.75) is 9.79 Å². The summed E-state index contributed by atoms with van der Waals surface area (Å²) in [5.74, 6) is 0. The van der Waals surface area contributed by atoms with Gasteiger partial charge in [0.15, 0.2) is 0 Å². The fourth-order valence-electron chi connectivity index (χ4n) is 1.69. The van der Waals surface area contributed by atoms with Crippen molar-refractivity contribution < 1.29 is 25.9 Å². The predicted octanol–water partition coefficient (Wildman–Crippen LogP) is 2.18. The number of azo groups is 1. The molecule has 0 heterocycles. The maximum atomic E-state index is 11.3. The first kappa shape index (κ1) is 17.0. The first-order valence-corrected chi connectivity index (χ1v) is 8.82. The van der Waals surface area contributed by atoms with Gasteiger partial charge in [-0.05, 0) is 30.3 Å². The van der Waals surface area contributed by atoms with Crippen LogP contribution in [-0.4, -0.2) is 25.9 Å². The van der Waals surface area contributed by atoms with Crippen LogP contribution in [0.3, 0.4) is 0 Å². The summed E-state index contributed by atoms with van der Waals surface area (Å²) in [5.41, 5.74) is 5.09. The minimum atomic E-state index is -4.60. The zero-order chi connectivity index (χ0) is 17.3. The van der Waals surface area contributed by atoms with Crippen molar-refractivity contribution in [1.29, 1.82) is 0 Å². The molecular formula is C12H11N3O6S2. The maximum absolute atomic E-state index is 11.3. The number of nitrogen functional groups attached to an aromatic ring is 1. The average molecular weight is 357 g/mol. The lowest BCUT2D eigenvalue weighted by molar-refractivity contribution is 0.481. The molecule has 0 bridgehead atoms. The molecule has 0 aliphatic carbocycles. The molecule has 2 aromatic carbocycles. The van der Waals surface area contributed by atoms with Crippen LogP contribution in [0, 0.1) is 0 Å². The number of nitrogens with zero attached hydrogens (tertiary/aromatic N) is 2. The zero-order valence-corrected chi connectivity index (χ0v) is 13.0. The third-order valence-corrected chi connectivity index (χ3v) is 4.45. The number of hydrogen-bond donors (Lipinski definition) is 3. The number of benzene rings is 2. The van der Waals surface area contributed by atoms with E-state index in [1.165, 1.54) is 30.3 Å². The molecule has 4 N–H and O–H groups in total. The van der Waals surface area contributed by atoms with Crippen molar-refractivity contribution in [3.05, 3.63) is 42.5 Å². The average Bonchev–Trinajstić information content (AvgIpc) is 2.44. The Morgan fingerprint density at radius 3 is 1.87 bits per heavy atom. The van der Waals surface area contributed by atoms with Crippen molar-refractivity contribution in [3.63, 3.8) is 0 Å². The summed E-state index contributed by atoms with van der Waals surface area (Å²) in [7, 11) is -9.12. The Hall–Kier alpha value is -2.34. The van der Waals surface area contributed by atoms with Gasteiger partial charge in [0.05, 0.1) is 0 Å². The van der Waals surface area contributed by atoms with E-state index in [2.05, 4.69) is 10.2 Å². The Morgan fingerprint density at radius 1 is 0.783 bits per heavy atom. The highest BCUT2D eigenvalue weighted by Gasteiger charge is 2.17. The zero-order valence-electron chi connectivity index (χ0n) is 11.4. The Bertz CT molecular complexity index is 984. The highest BCUT2D eigenvalue weighted by Crippen LogP contribution is 2.30. The monoisotopic (exact) mass is 357 g/mol. The van der Waals surface area contributed by atoms with E-state index in [-0.39, 0.29) is 17.1 Å². The van der Waals surface area contributed by atoms with E-state index >= 15 is 0 Å². The lowest BCUT2D eigenvalue weighted by atomic mass is 10.3. The van der Waals surface area contributed by atoms with Gasteiger partial charge in [-0.15, -0.1) is 10.2 Å². The van der Waals surface area contributed by atoms with Gasteiger partial charge in [0.1, 0.15) is 21.2 Å². The molecule has 2 aromatic rings. The van der Waals surface area contributed by atoms with Crippen LogP contribution in [0.4, 0.5) is 17.1 Å². The first-order chi connectivity index (χ1) is 10.6. The lowest BCUT2D eigenvalue weighted by Gasteiger charge is -2.04. The first-order valence-electron chi connectivity index (χ1n) is 5.94. The number of anilines is 1. The number of nitrogens with two attached hydrogens (primary N) is 1. The Labute approximate surface area is 132 Å². The number of rotatable bonds is 4. The van der Waals surface area contributed by atoms with E-state index in [1.54, 1.807) is 0 Å². The van der Waals surface area contributed by atoms with Crippen LogP contribution in [0.15, 0.2) is 62.5 Å². The van der Waals surface area contributed by atoms with Gasteiger partial charge in [-0.2, -0.15) is 16.8 Å². The van der Waals surface area contributed by atoms with E-state index in [0.717, 1.165) is 12.1 Å². The Kier molecular flexibility index (Phi) is 4.47. The van der Waals surface area contributed by atoms with Gasteiger partial charge in [0.2, 0.25) is 0 Å². The van der Waals surface area contributed by atoms with Gasteiger partial charge >= 0.3 is 0 Å². The second kappa shape index (κ2) is 6.04. The Balaban J connectivity index is 2.56. The van der Waals surface area contributed by atoms with Gasteiger partial charge in [-0.3, -0.25) is 9.11 Å². The van der Waals surface area contributed by atoms with Crippen LogP contribution in [0.5, 0.6) is 0 Å². The van der Waals surface area contributed by atoms with Gasteiger partial charge in [0, 0.05) is 5.69 Å². The third-order valence-electron chi connectivity index (χ3n) is 2.67. The molecule has 0 atom stereocenters. The molecule has 0 unspecified atom stereocenters. The smallest absolute Gasteiger partial charge is 0.296 e. The molecule has 0 amide bonds. The van der Waals surface area contributed by atoms with Crippen molar-refractivity contribution >= 4 is 37.3 Å². The largest absolute Gasteiger partial charge is 0.399 e. The highest BCUT2D eigenvalue weighted by molar-refractivity contribution is 7.86. The van der Waals surface area contributed by atoms with Crippen LogP contribution < -0.4 is 5.73 Å². The normalized spacial score (nSPS) is 12.6. The predicted molar refractivity (Wildman–Crippen MR) is 81.1 cm³/mol. The topological polar surface area (TPSA) is 159 Å². The second-order valence-electron chi connectivity index (χ2n) is 4.35. The fraction of sp³-hybridized carbons (Fsp3) is 0. The van der Waals surface area contributed by atoms with E-state index < -0.39 is 30.0 Å². The molecule has 9 nitrogen and oxygen atoms in total. The van der Waals surface area contributed by atoms with Crippen LogP contribution >= 0.6 is 0 Å². The second-order valence-corrected chi connectivity index (χ2v) is 7.12. The molecule has 2 rings (SSSR count). The molecule has 0 saturated heterocycles. The van der Waals surface area contributed by atoms with E-state index in [9.17, 15) is 16.8 Å². The molecule has 0 aliphatic heterocycles. The van der Waals surface area contributed by atoms with Gasteiger partial charge < -0.3 is 5.73 Å². The molecule has 0 spiro atoms. The maximum Gasteiger partial charge on any atom is 0.296 e. The fourth-order valence-corrected chi connectivity index (χ4v) is 2.97. The lowest BCUT2D eigenvalue weighted by Crippen LogP contribution is -2.00. The number of hydrogen-bond acceptors (Lipinski definition) is 7. The molecule has 122 valence electrons. The van der Waals surface area contributed by atoms with Crippen molar-refractivity contribution in [3.8, 4) is 0 Å². The minimum absolute atomic E-state index is 0.0786. The third kappa shape index (κ3) is 4.10. The summed E-state index contributed by atoms with van der Waals surface area (Å²) in [6, 6.07) is 8.70. The van der Waals surface area contributed by atoms with Crippen molar-refractivity contribution in [2.24, 2.45) is 10.2 Å². The summed E-state index contributed by atoms with van der Waals surface area (Å²) < 4.78 is 63.3. The molecule has 0 saturated carbocycles. The summed E-state index contributed by atoms with van der Waals surface area (Å²) >= 11 is 0. The summed E-state index contributed by atoms with van der Waals surface area (Å²) in [5, 5.41) is 7.23. The van der Waals surface area contributed by atoms with Gasteiger partial charge in [0.25, 0.3) is 20.2 Å². The highest BCUT2D eigenvalue weighted by atomic mass is 32.2. The van der Waals surface area contributed by atoms with Crippen molar-refractivity contribution in [1.82, 2.24) is 0 Å². The summed E-state index contributed by atoms with van der Waals surface area (Å²) in [6.45, 7) is 0. The molecule has 0 aromatic heterocycles.